The van der Waals surface area contributed by atoms with E-state index in [2.05, 4.69) is 5.32 Å². The van der Waals surface area contributed by atoms with Crippen LogP contribution in [0.25, 0.3) is 17.4 Å². The van der Waals surface area contributed by atoms with Crippen LogP contribution in [-0.4, -0.2) is 23.4 Å². The molecule has 1 heterocycles. The minimum absolute atomic E-state index is 0.0152. The van der Waals surface area contributed by atoms with E-state index in [4.69, 9.17) is 9.15 Å². The fourth-order valence-electron chi connectivity index (χ4n) is 2.95. The summed E-state index contributed by atoms with van der Waals surface area (Å²) in [6.45, 7) is 3.70. The molecule has 166 valence electrons. The van der Waals surface area contributed by atoms with E-state index >= 15 is 0 Å². The lowest BCUT2D eigenvalue weighted by Crippen LogP contribution is -2.14. The number of esters is 1. The van der Waals surface area contributed by atoms with Gasteiger partial charge >= 0.3 is 5.97 Å². The molecule has 9 nitrogen and oxygen atoms in total. The standard InChI is InChI=1S/C24H19N3O6/c1-3-32-24(29)17-7-5-16(6-8-17)22-11-9-19(33-22)13-18(14-25)23(28)26-20-10-4-15(2)12-21(20)27(30)31/h4-13H,3H2,1-2H3,(H,26,28). The Kier molecular flexibility index (Phi) is 7.00. The Hall–Kier alpha value is -4.71. The number of nitro benzene ring substituents is 1. The Morgan fingerprint density at radius 2 is 1.91 bits per heavy atom. The van der Waals surface area contributed by atoms with Gasteiger partial charge in [0.25, 0.3) is 11.6 Å². The Morgan fingerprint density at radius 3 is 2.55 bits per heavy atom. The molecule has 0 unspecified atom stereocenters. The number of anilines is 1. The van der Waals surface area contributed by atoms with Gasteiger partial charge < -0.3 is 14.5 Å². The second kappa shape index (κ2) is 10.1. The van der Waals surface area contributed by atoms with E-state index in [1.807, 2.05) is 0 Å². The number of ether oxygens (including phenoxy) is 1. The second-order valence-electron chi connectivity index (χ2n) is 6.90. The quantitative estimate of drug-likeness (QED) is 0.180. The molecule has 1 aromatic heterocycles. The minimum atomic E-state index is -0.804. The maximum atomic E-state index is 12.5. The van der Waals surface area contributed by atoms with Crippen LogP contribution in [0, 0.1) is 28.4 Å². The average Bonchev–Trinajstić information content (AvgIpc) is 3.27. The highest BCUT2D eigenvalue weighted by Crippen LogP contribution is 2.27. The Morgan fingerprint density at radius 1 is 1.18 bits per heavy atom. The normalized spacial score (nSPS) is 10.9. The summed E-state index contributed by atoms with van der Waals surface area (Å²) in [6, 6.07) is 16.0. The largest absolute Gasteiger partial charge is 0.462 e. The first-order valence-corrected chi connectivity index (χ1v) is 9.88. The Balaban J connectivity index is 1.79. The van der Waals surface area contributed by atoms with Crippen molar-refractivity contribution in [3.05, 3.63) is 87.2 Å². The van der Waals surface area contributed by atoms with Crippen molar-refractivity contribution in [2.75, 3.05) is 11.9 Å². The van der Waals surface area contributed by atoms with E-state index in [-0.39, 0.29) is 29.3 Å². The van der Waals surface area contributed by atoms with Crippen molar-refractivity contribution >= 4 is 29.3 Å². The van der Waals surface area contributed by atoms with Crippen molar-refractivity contribution in [1.29, 1.82) is 5.26 Å². The van der Waals surface area contributed by atoms with Gasteiger partial charge in [-0.15, -0.1) is 0 Å². The summed E-state index contributed by atoms with van der Waals surface area (Å²) in [4.78, 5) is 34.9. The van der Waals surface area contributed by atoms with Crippen LogP contribution in [0.2, 0.25) is 0 Å². The fraction of sp³-hybridized carbons (Fsp3) is 0.125. The number of carbonyl (C=O) groups is 2. The molecule has 0 aliphatic heterocycles. The van der Waals surface area contributed by atoms with E-state index in [0.717, 1.165) is 0 Å². The molecule has 9 heteroatoms. The van der Waals surface area contributed by atoms with Crippen molar-refractivity contribution in [1.82, 2.24) is 0 Å². The van der Waals surface area contributed by atoms with E-state index in [1.54, 1.807) is 62.4 Å². The van der Waals surface area contributed by atoms with Gasteiger partial charge in [-0.3, -0.25) is 14.9 Å². The van der Waals surface area contributed by atoms with Crippen LogP contribution in [0.4, 0.5) is 11.4 Å². The Labute approximate surface area is 189 Å². The number of furan rings is 1. The number of rotatable bonds is 7. The van der Waals surface area contributed by atoms with Crippen molar-refractivity contribution < 1.29 is 23.7 Å². The summed E-state index contributed by atoms with van der Waals surface area (Å²) < 4.78 is 10.6. The number of aryl methyl sites for hydroxylation is 1. The lowest BCUT2D eigenvalue weighted by molar-refractivity contribution is -0.384. The van der Waals surface area contributed by atoms with Gasteiger partial charge in [0.1, 0.15) is 28.9 Å². The summed E-state index contributed by atoms with van der Waals surface area (Å²) in [5.41, 5.74) is 1.17. The molecule has 2 aromatic carbocycles. The van der Waals surface area contributed by atoms with Crippen LogP contribution in [-0.2, 0) is 9.53 Å². The molecule has 0 radical (unpaired) electrons. The molecule has 3 aromatic rings. The summed E-state index contributed by atoms with van der Waals surface area (Å²) in [6.07, 6.45) is 1.24. The molecule has 0 saturated carbocycles. The van der Waals surface area contributed by atoms with Crippen molar-refractivity contribution in [2.45, 2.75) is 13.8 Å². The summed E-state index contributed by atoms with van der Waals surface area (Å²) >= 11 is 0. The zero-order valence-electron chi connectivity index (χ0n) is 17.8. The van der Waals surface area contributed by atoms with Gasteiger partial charge in [-0.25, -0.2) is 4.79 Å². The molecular formula is C24H19N3O6. The molecule has 1 amide bonds. The number of nitriles is 1. The van der Waals surface area contributed by atoms with E-state index in [9.17, 15) is 25.0 Å². The molecule has 1 N–H and O–H groups in total. The molecule has 0 atom stereocenters. The zero-order chi connectivity index (χ0) is 24.0. The highest BCUT2D eigenvalue weighted by Gasteiger charge is 2.18. The number of benzene rings is 2. The van der Waals surface area contributed by atoms with Gasteiger partial charge in [0.2, 0.25) is 0 Å². The highest BCUT2D eigenvalue weighted by molar-refractivity contribution is 6.10. The molecule has 0 fully saturated rings. The van der Waals surface area contributed by atoms with Crippen LogP contribution in [0.1, 0.15) is 28.6 Å². The van der Waals surface area contributed by atoms with Gasteiger partial charge in [0, 0.05) is 17.7 Å². The molecule has 0 bridgehead atoms. The molecule has 3 rings (SSSR count). The SMILES string of the molecule is CCOC(=O)c1ccc(-c2ccc(C=C(C#N)C(=O)Nc3ccc(C)cc3[N+](=O)[O-])o2)cc1. The number of nitrogens with zero attached hydrogens (tertiary/aromatic N) is 2. The third-order valence-electron chi connectivity index (χ3n) is 4.56. The number of hydrogen-bond donors (Lipinski definition) is 1. The first-order valence-electron chi connectivity index (χ1n) is 9.88. The predicted molar refractivity (Wildman–Crippen MR) is 120 cm³/mol. The van der Waals surface area contributed by atoms with Gasteiger partial charge in [-0.05, 0) is 49.7 Å². The molecule has 0 aliphatic rings. The van der Waals surface area contributed by atoms with Crippen LogP contribution >= 0.6 is 0 Å². The maximum absolute atomic E-state index is 12.5. The first kappa shape index (κ1) is 23.0. The average molecular weight is 445 g/mol. The lowest BCUT2D eigenvalue weighted by Gasteiger charge is -2.06. The lowest BCUT2D eigenvalue weighted by atomic mass is 10.1. The van der Waals surface area contributed by atoms with Gasteiger partial charge in [0.05, 0.1) is 17.1 Å². The minimum Gasteiger partial charge on any atom is -0.462 e. The topological polar surface area (TPSA) is 135 Å². The van der Waals surface area contributed by atoms with Crippen LogP contribution < -0.4 is 5.32 Å². The van der Waals surface area contributed by atoms with Gasteiger partial charge in [-0.2, -0.15) is 5.26 Å². The van der Waals surface area contributed by atoms with E-state index in [1.165, 1.54) is 18.2 Å². The van der Waals surface area contributed by atoms with Crippen LogP contribution in [0.5, 0.6) is 0 Å². The number of amides is 1. The first-order chi connectivity index (χ1) is 15.8. The van der Waals surface area contributed by atoms with Crippen LogP contribution in [0.3, 0.4) is 0 Å². The molecule has 33 heavy (non-hydrogen) atoms. The number of nitrogens with one attached hydrogen (secondary N) is 1. The highest BCUT2D eigenvalue weighted by atomic mass is 16.6. The summed E-state index contributed by atoms with van der Waals surface area (Å²) in [5.74, 6) is -0.528. The summed E-state index contributed by atoms with van der Waals surface area (Å²) in [5, 5.41) is 23.1. The smallest absolute Gasteiger partial charge is 0.338 e. The van der Waals surface area contributed by atoms with E-state index < -0.39 is 16.8 Å². The molecule has 0 aliphatic carbocycles. The van der Waals surface area contributed by atoms with E-state index in [0.29, 0.717) is 22.5 Å². The van der Waals surface area contributed by atoms with Gasteiger partial charge in [-0.1, -0.05) is 18.2 Å². The maximum Gasteiger partial charge on any atom is 0.338 e. The van der Waals surface area contributed by atoms with Gasteiger partial charge in [0.15, 0.2) is 0 Å². The summed E-state index contributed by atoms with van der Waals surface area (Å²) in [7, 11) is 0. The second-order valence-corrected chi connectivity index (χ2v) is 6.90. The number of nitro groups is 1. The zero-order valence-corrected chi connectivity index (χ0v) is 17.8. The third kappa shape index (κ3) is 5.51. The Bertz CT molecular complexity index is 1280. The molecule has 0 spiro atoms. The molecule has 0 saturated heterocycles. The molecular weight excluding hydrogens is 426 g/mol. The van der Waals surface area contributed by atoms with Crippen molar-refractivity contribution in [3.8, 4) is 17.4 Å². The fourth-order valence-corrected chi connectivity index (χ4v) is 2.95. The third-order valence-corrected chi connectivity index (χ3v) is 4.56. The van der Waals surface area contributed by atoms with Crippen LogP contribution in [0.15, 0.2) is 64.6 Å². The number of carbonyl (C=O) groups excluding carboxylic acids is 2. The monoisotopic (exact) mass is 445 g/mol. The van der Waals surface area contributed by atoms with Crippen molar-refractivity contribution in [2.24, 2.45) is 0 Å². The van der Waals surface area contributed by atoms with Crippen molar-refractivity contribution in [3.63, 3.8) is 0 Å². The predicted octanol–water partition coefficient (Wildman–Crippen LogP) is 4.89. The number of hydrogen-bond acceptors (Lipinski definition) is 7.